The summed E-state index contributed by atoms with van der Waals surface area (Å²) in [5.74, 6) is -0.260. The van der Waals surface area contributed by atoms with Crippen molar-refractivity contribution >= 4 is 29.4 Å². The number of nitrogens with one attached hydrogen (secondary N) is 2. The molecule has 34 heavy (non-hydrogen) atoms. The fourth-order valence-electron chi connectivity index (χ4n) is 2.99. The van der Waals surface area contributed by atoms with E-state index in [0.717, 1.165) is 23.9 Å². The molecule has 0 aliphatic carbocycles. The van der Waals surface area contributed by atoms with Crippen molar-refractivity contribution in [2.45, 2.75) is 23.0 Å². The van der Waals surface area contributed by atoms with Gasteiger partial charge in [-0.15, -0.1) is 0 Å². The van der Waals surface area contributed by atoms with Gasteiger partial charge in [-0.1, -0.05) is 23.9 Å². The van der Waals surface area contributed by atoms with E-state index >= 15 is 0 Å². The first-order valence-corrected chi connectivity index (χ1v) is 10.6. The third-order valence-electron chi connectivity index (χ3n) is 4.55. The molecule has 0 fully saturated rings. The fraction of sp³-hybridized carbons (Fsp3) is 0.174. The van der Waals surface area contributed by atoms with Crippen LogP contribution in [-0.2, 0) is 6.18 Å². The largest absolute Gasteiger partial charge is 0.496 e. The molecule has 178 valence electrons. The Hall–Kier alpha value is -3.73. The minimum atomic E-state index is -4.44. The topological polar surface area (TPSA) is 89.5 Å². The van der Waals surface area contributed by atoms with E-state index in [4.69, 9.17) is 9.47 Å². The van der Waals surface area contributed by atoms with Crippen LogP contribution in [0.1, 0.15) is 21.5 Å². The van der Waals surface area contributed by atoms with Crippen LogP contribution in [-0.4, -0.2) is 31.1 Å². The number of anilines is 1. The predicted octanol–water partition coefficient (Wildman–Crippen LogP) is 5.54. The molecule has 7 nitrogen and oxygen atoms in total. The van der Waals surface area contributed by atoms with Gasteiger partial charge < -0.3 is 14.8 Å². The van der Waals surface area contributed by atoms with Gasteiger partial charge in [-0.2, -0.15) is 13.2 Å². The lowest BCUT2D eigenvalue weighted by molar-refractivity contribution is -0.137. The van der Waals surface area contributed by atoms with Gasteiger partial charge in [-0.05, 0) is 48.9 Å². The number of urea groups is 1. The molecule has 2 aromatic carbocycles. The monoisotopic (exact) mass is 491 g/mol. The number of imide groups is 1. The van der Waals surface area contributed by atoms with Crippen molar-refractivity contribution in [3.63, 3.8) is 0 Å². The van der Waals surface area contributed by atoms with E-state index in [2.05, 4.69) is 15.6 Å². The number of carbonyl (C=O) groups excluding carboxylic acids is 2. The van der Waals surface area contributed by atoms with E-state index in [1.807, 2.05) is 0 Å². The summed E-state index contributed by atoms with van der Waals surface area (Å²) >= 11 is 1.07. The second kappa shape index (κ2) is 10.5. The lowest BCUT2D eigenvalue weighted by atomic mass is 10.1. The number of methoxy groups -OCH3 is 2. The van der Waals surface area contributed by atoms with Crippen molar-refractivity contribution in [1.29, 1.82) is 0 Å². The number of aryl methyl sites for hydroxylation is 1. The minimum Gasteiger partial charge on any atom is -0.496 e. The molecule has 3 aromatic rings. The van der Waals surface area contributed by atoms with Gasteiger partial charge in [0.15, 0.2) is 0 Å². The molecule has 0 aliphatic heterocycles. The molecule has 0 spiro atoms. The van der Waals surface area contributed by atoms with Gasteiger partial charge in [0.1, 0.15) is 22.1 Å². The minimum absolute atomic E-state index is 0.0600. The molecule has 1 aromatic heterocycles. The van der Waals surface area contributed by atoms with Crippen LogP contribution < -0.4 is 20.1 Å². The van der Waals surface area contributed by atoms with Gasteiger partial charge in [0.2, 0.25) is 0 Å². The van der Waals surface area contributed by atoms with Crippen LogP contribution in [0.15, 0.2) is 64.6 Å². The molecule has 0 saturated carbocycles. The van der Waals surface area contributed by atoms with E-state index in [0.29, 0.717) is 21.2 Å². The fourth-order valence-corrected chi connectivity index (χ4v) is 3.87. The molecule has 0 aliphatic rings. The first-order valence-electron chi connectivity index (χ1n) is 9.77. The zero-order valence-corrected chi connectivity index (χ0v) is 19.1. The van der Waals surface area contributed by atoms with Gasteiger partial charge in [-0.3, -0.25) is 10.1 Å². The van der Waals surface area contributed by atoms with E-state index in [1.165, 1.54) is 26.5 Å². The molecular weight excluding hydrogens is 471 g/mol. The van der Waals surface area contributed by atoms with E-state index in [1.54, 1.807) is 37.3 Å². The van der Waals surface area contributed by atoms with E-state index < -0.39 is 23.7 Å². The number of rotatable bonds is 6. The Balaban J connectivity index is 1.69. The number of aromatic nitrogens is 1. The number of amides is 3. The summed E-state index contributed by atoms with van der Waals surface area (Å²) in [6, 6.07) is 10.5. The number of hydrogen-bond donors (Lipinski definition) is 2. The lowest BCUT2D eigenvalue weighted by Crippen LogP contribution is -2.34. The summed E-state index contributed by atoms with van der Waals surface area (Å²) in [4.78, 5) is 29.5. The number of pyridine rings is 1. The standard InChI is InChI=1S/C23H20F3N3O4S/c1-13-10-15(12-27-21(13)34-16-7-4-6-14(11-16)23(24,25)26)28-22(31)29-20(30)19-17(32-2)8-5-9-18(19)33-3/h4-12H,1-3H3,(H2,28,29,30,31). The summed E-state index contributed by atoms with van der Waals surface area (Å²) < 4.78 is 49.1. The molecule has 3 amide bonds. The van der Waals surface area contributed by atoms with Crippen LogP contribution in [0.2, 0.25) is 0 Å². The Morgan fingerprint density at radius 3 is 2.24 bits per heavy atom. The molecule has 3 rings (SSSR count). The van der Waals surface area contributed by atoms with Crippen molar-refractivity contribution in [3.05, 3.63) is 71.4 Å². The van der Waals surface area contributed by atoms with Crippen molar-refractivity contribution in [2.75, 3.05) is 19.5 Å². The maximum absolute atomic E-state index is 12.9. The van der Waals surface area contributed by atoms with Gasteiger partial charge in [-0.25, -0.2) is 9.78 Å². The Morgan fingerprint density at radius 2 is 1.65 bits per heavy atom. The summed E-state index contributed by atoms with van der Waals surface area (Å²) in [5.41, 5.74) is 0.229. The van der Waals surface area contributed by atoms with Gasteiger partial charge in [0.25, 0.3) is 5.91 Å². The average molecular weight is 491 g/mol. The Morgan fingerprint density at radius 1 is 1.00 bits per heavy atom. The summed E-state index contributed by atoms with van der Waals surface area (Å²) in [6.07, 6.45) is -3.10. The number of carbonyl (C=O) groups is 2. The summed E-state index contributed by atoms with van der Waals surface area (Å²) in [5, 5.41) is 5.18. The Bertz CT molecular complexity index is 1200. The number of alkyl halides is 3. The second-order valence-corrected chi connectivity index (χ2v) is 7.98. The molecule has 1 heterocycles. The zero-order valence-electron chi connectivity index (χ0n) is 18.3. The lowest BCUT2D eigenvalue weighted by Gasteiger charge is -2.13. The molecule has 0 radical (unpaired) electrons. The maximum atomic E-state index is 12.9. The van der Waals surface area contributed by atoms with E-state index in [-0.39, 0.29) is 17.1 Å². The first-order chi connectivity index (χ1) is 16.1. The predicted molar refractivity (Wildman–Crippen MR) is 121 cm³/mol. The van der Waals surface area contributed by atoms with Crippen LogP contribution in [0.5, 0.6) is 11.5 Å². The quantitative estimate of drug-likeness (QED) is 0.471. The van der Waals surface area contributed by atoms with Crippen molar-refractivity contribution in [3.8, 4) is 11.5 Å². The average Bonchev–Trinajstić information content (AvgIpc) is 2.79. The summed E-state index contributed by atoms with van der Waals surface area (Å²) in [7, 11) is 2.78. The highest BCUT2D eigenvalue weighted by Gasteiger charge is 2.30. The maximum Gasteiger partial charge on any atom is 0.416 e. The van der Waals surface area contributed by atoms with Gasteiger partial charge in [0, 0.05) is 4.90 Å². The highest BCUT2D eigenvalue weighted by Crippen LogP contribution is 2.35. The molecule has 0 bridgehead atoms. The molecule has 0 saturated heterocycles. The van der Waals surface area contributed by atoms with Crippen molar-refractivity contribution in [1.82, 2.24) is 10.3 Å². The number of benzene rings is 2. The van der Waals surface area contributed by atoms with Gasteiger partial charge >= 0.3 is 12.2 Å². The van der Waals surface area contributed by atoms with Crippen LogP contribution in [0.25, 0.3) is 0 Å². The molecular formula is C23H20F3N3O4S. The molecule has 2 N–H and O–H groups in total. The zero-order chi connectivity index (χ0) is 24.9. The van der Waals surface area contributed by atoms with Crippen molar-refractivity contribution < 1.29 is 32.2 Å². The van der Waals surface area contributed by atoms with Crippen LogP contribution in [0.3, 0.4) is 0 Å². The van der Waals surface area contributed by atoms with Crippen LogP contribution >= 0.6 is 11.8 Å². The van der Waals surface area contributed by atoms with E-state index in [9.17, 15) is 22.8 Å². The van der Waals surface area contributed by atoms with Crippen molar-refractivity contribution in [2.24, 2.45) is 0 Å². The Kier molecular flexibility index (Phi) is 7.67. The molecule has 0 unspecified atom stereocenters. The smallest absolute Gasteiger partial charge is 0.416 e. The normalized spacial score (nSPS) is 11.0. The summed E-state index contributed by atoms with van der Waals surface area (Å²) in [6.45, 7) is 1.71. The number of ether oxygens (including phenoxy) is 2. The first kappa shape index (κ1) is 24.9. The number of halogens is 3. The second-order valence-electron chi connectivity index (χ2n) is 6.92. The van der Waals surface area contributed by atoms with Crippen LogP contribution in [0.4, 0.5) is 23.7 Å². The number of hydrogen-bond acceptors (Lipinski definition) is 6. The van der Waals surface area contributed by atoms with Crippen LogP contribution in [0, 0.1) is 6.92 Å². The SMILES string of the molecule is COc1cccc(OC)c1C(=O)NC(=O)Nc1cnc(Sc2cccc(C(F)(F)F)c2)c(C)c1. The number of nitrogens with zero attached hydrogens (tertiary/aromatic N) is 1. The third kappa shape index (κ3) is 5.98. The highest BCUT2D eigenvalue weighted by molar-refractivity contribution is 7.99. The molecule has 11 heteroatoms. The van der Waals surface area contributed by atoms with Gasteiger partial charge in [0.05, 0.1) is 31.7 Å². The molecule has 0 atom stereocenters. The highest BCUT2D eigenvalue weighted by atomic mass is 32.2. The third-order valence-corrected chi connectivity index (χ3v) is 5.66. The Labute approximate surface area is 197 Å².